The van der Waals surface area contributed by atoms with Gasteiger partial charge in [-0.25, -0.2) is 0 Å². The molecule has 1 aromatic rings. The molecule has 0 spiro atoms. The largest absolute Gasteiger partial charge is 0.341 e. The first-order chi connectivity index (χ1) is 7.95. The SMILES string of the molecule is Cc1cc(C)c(CN(C)C(=O)CCN)c(C)c1. The number of nitrogens with two attached hydrogens (primary N) is 1. The van der Waals surface area contributed by atoms with Gasteiger partial charge in [0.15, 0.2) is 0 Å². The van der Waals surface area contributed by atoms with Crippen LogP contribution in [0.4, 0.5) is 0 Å². The first kappa shape index (κ1) is 13.7. The van der Waals surface area contributed by atoms with Crippen LogP contribution in [0.1, 0.15) is 28.7 Å². The van der Waals surface area contributed by atoms with Crippen molar-refractivity contribution >= 4 is 5.91 Å². The Bertz CT molecular complexity index is 390. The van der Waals surface area contributed by atoms with E-state index >= 15 is 0 Å². The van der Waals surface area contributed by atoms with Crippen molar-refractivity contribution in [1.29, 1.82) is 0 Å². The third-order valence-electron chi connectivity index (χ3n) is 3.02. The number of nitrogens with zero attached hydrogens (tertiary/aromatic N) is 1. The fraction of sp³-hybridized carbons (Fsp3) is 0.500. The summed E-state index contributed by atoms with van der Waals surface area (Å²) in [7, 11) is 1.83. The molecule has 0 aromatic heterocycles. The van der Waals surface area contributed by atoms with Gasteiger partial charge in [0, 0.05) is 26.6 Å². The Kier molecular flexibility index (Phi) is 4.70. The second kappa shape index (κ2) is 5.82. The van der Waals surface area contributed by atoms with Crippen LogP contribution >= 0.6 is 0 Å². The fourth-order valence-corrected chi connectivity index (χ4v) is 2.10. The van der Waals surface area contributed by atoms with Crippen LogP contribution < -0.4 is 5.73 Å². The lowest BCUT2D eigenvalue weighted by Gasteiger charge is -2.20. The van der Waals surface area contributed by atoms with Crippen molar-refractivity contribution in [2.24, 2.45) is 5.73 Å². The molecule has 3 heteroatoms. The summed E-state index contributed by atoms with van der Waals surface area (Å²) >= 11 is 0. The topological polar surface area (TPSA) is 46.3 Å². The second-order valence-corrected chi connectivity index (χ2v) is 4.67. The number of rotatable bonds is 4. The third-order valence-corrected chi connectivity index (χ3v) is 3.02. The highest BCUT2D eigenvalue weighted by Gasteiger charge is 2.11. The Morgan fingerprint density at radius 2 is 1.76 bits per heavy atom. The summed E-state index contributed by atoms with van der Waals surface area (Å²) in [6, 6.07) is 4.31. The standard InChI is InChI=1S/C14H22N2O/c1-10-7-11(2)13(12(3)8-10)9-16(4)14(17)5-6-15/h7-8H,5-6,9,15H2,1-4H3. The van der Waals surface area contributed by atoms with Crippen molar-refractivity contribution in [3.8, 4) is 0 Å². The van der Waals surface area contributed by atoms with Crippen LogP contribution in [-0.4, -0.2) is 24.4 Å². The third kappa shape index (κ3) is 3.56. The molecule has 0 atom stereocenters. The molecule has 0 fully saturated rings. The van der Waals surface area contributed by atoms with Gasteiger partial charge in [-0.15, -0.1) is 0 Å². The molecule has 0 bridgehead atoms. The van der Waals surface area contributed by atoms with Crippen LogP contribution in [0, 0.1) is 20.8 Å². The number of hydrogen-bond acceptors (Lipinski definition) is 2. The Hall–Kier alpha value is -1.35. The van der Waals surface area contributed by atoms with E-state index in [0.717, 1.165) is 0 Å². The lowest BCUT2D eigenvalue weighted by Crippen LogP contribution is -2.28. The second-order valence-electron chi connectivity index (χ2n) is 4.67. The van der Waals surface area contributed by atoms with E-state index in [2.05, 4.69) is 32.9 Å². The number of hydrogen-bond donors (Lipinski definition) is 1. The number of benzene rings is 1. The monoisotopic (exact) mass is 234 g/mol. The van der Waals surface area contributed by atoms with Crippen molar-refractivity contribution in [1.82, 2.24) is 4.90 Å². The van der Waals surface area contributed by atoms with Crippen LogP contribution in [0.3, 0.4) is 0 Å². The molecule has 0 aliphatic heterocycles. The molecule has 0 radical (unpaired) electrons. The molecule has 1 amide bonds. The van der Waals surface area contributed by atoms with Gasteiger partial charge in [-0.1, -0.05) is 17.7 Å². The van der Waals surface area contributed by atoms with E-state index in [-0.39, 0.29) is 5.91 Å². The molecule has 17 heavy (non-hydrogen) atoms. The molecule has 3 nitrogen and oxygen atoms in total. The number of carbonyl (C=O) groups is 1. The minimum absolute atomic E-state index is 0.104. The van der Waals surface area contributed by atoms with Gasteiger partial charge in [0.1, 0.15) is 0 Å². The van der Waals surface area contributed by atoms with E-state index in [9.17, 15) is 4.79 Å². The first-order valence-corrected chi connectivity index (χ1v) is 5.96. The summed E-state index contributed by atoms with van der Waals surface area (Å²) in [6.07, 6.45) is 0.417. The molecule has 0 aliphatic rings. The van der Waals surface area contributed by atoms with Crippen molar-refractivity contribution in [2.75, 3.05) is 13.6 Å². The van der Waals surface area contributed by atoms with Gasteiger partial charge < -0.3 is 10.6 Å². The quantitative estimate of drug-likeness (QED) is 0.865. The van der Waals surface area contributed by atoms with Gasteiger partial charge in [-0.05, 0) is 37.5 Å². The smallest absolute Gasteiger partial charge is 0.223 e. The van der Waals surface area contributed by atoms with Crippen LogP contribution in [0.15, 0.2) is 12.1 Å². The Balaban J connectivity index is 2.85. The Morgan fingerprint density at radius 3 is 2.24 bits per heavy atom. The van der Waals surface area contributed by atoms with Crippen LogP contribution in [-0.2, 0) is 11.3 Å². The lowest BCUT2D eigenvalue weighted by molar-refractivity contribution is -0.130. The molecule has 94 valence electrons. The zero-order valence-electron chi connectivity index (χ0n) is 11.2. The van der Waals surface area contributed by atoms with E-state index in [4.69, 9.17) is 5.73 Å². The summed E-state index contributed by atoms with van der Waals surface area (Å²) in [5.74, 6) is 0.104. The van der Waals surface area contributed by atoms with Gasteiger partial charge in [-0.2, -0.15) is 0 Å². The predicted molar refractivity (Wildman–Crippen MR) is 70.8 cm³/mol. The molecule has 1 aromatic carbocycles. The van der Waals surface area contributed by atoms with Gasteiger partial charge in [0.2, 0.25) is 5.91 Å². The molecule has 1 rings (SSSR count). The highest BCUT2D eigenvalue weighted by molar-refractivity contribution is 5.76. The van der Waals surface area contributed by atoms with Crippen molar-refractivity contribution in [3.05, 3.63) is 34.4 Å². The zero-order chi connectivity index (χ0) is 13.0. The first-order valence-electron chi connectivity index (χ1n) is 5.96. The molecule has 0 saturated carbocycles. The van der Waals surface area contributed by atoms with E-state index in [1.165, 1.54) is 22.3 Å². The molecule has 0 heterocycles. The maximum absolute atomic E-state index is 11.7. The highest BCUT2D eigenvalue weighted by atomic mass is 16.2. The van der Waals surface area contributed by atoms with Crippen LogP contribution in [0.25, 0.3) is 0 Å². The lowest BCUT2D eigenvalue weighted by atomic mass is 9.99. The summed E-state index contributed by atoms with van der Waals surface area (Å²) in [6.45, 7) is 7.35. The normalized spacial score (nSPS) is 10.4. The number of carbonyl (C=O) groups excluding carboxylic acids is 1. The Morgan fingerprint density at radius 1 is 1.24 bits per heavy atom. The molecular formula is C14H22N2O. The summed E-state index contributed by atoms with van der Waals surface area (Å²) in [4.78, 5) is 13.4. The van der Waals surface area contributed by atoms with Crippen LogP contribution in [0.5, 0.6) is 0 Å². The molecular weight excluding hydrogens is 212 g/mol. The van der Waals surface area contributed by atoms with Crippen molar-refractivity contribution in [3.63, 3.8) is 0 Å². The van der Waals surface area contributed by atoms with Gasteiger partial charge in [-0.3, -0.25) is 4.79 Å². The molecule has 0 aliphatic carbocycles. The Labute approximate surface area is 104 Å². The predicted octanol–water partition coefficient (Wildman–Crippen LogP) is 1.92. The highest BCUT2D eigenvalue weighted by Crippen LogP contribution is 2.18. The van der Waals surface area contributed by atoms with E-state index < -0.39 is 0 Å². The average Bonchev–Trinajstić information content (AvgIpc) is 2.23. The molecule has 0 saturated heterocycles. The molecule has 2 N–H and O–H groups in total. The van der Waals surface area contributed by atoms with E-state index in [1.54, 1.807) is 4.90 Å². The number of aryl methyl sites for hydroxylation is 3. The van der Waals surface area contributed by atoms with Gasteiger partial charge in [0.05, 0.1) is 0 Å². The van der Waals surface area contributed by atoms with Crippen molar-refractivity contribution < 1.29 is 4.79 Å². The average molecular weight is 234 g/mol. The zero-order valence-corrected chi connectivity index (χ0v) is 11.2. The van der Waals surface area contributed by atoms with Crippen LogP contribution in [0.2, 0.25) is 0 Å². The summed E-state index contributed by atoms with van der Waals surface area (Å²) < 4.78 is 0. The summed E-state index contributed by atoms with van der Waals surface area (Å²) in [5.41, 5.74) is 10.4. The minimum Gasteiger partial charge on any atom is -0.341 e. The van der Waals surface area contributed by atoms with E-state index in [0.29, 0.717) is 19.5 Å². The molecule has 0 unspecified atom stereocenters. The van der Waals surface area contributed by atoms with Gasteiger partial charge in [0.25, 0.3) is 0 Å². The minimum atomic E-state index is 0.104. The van der Waals surface area contributed by atoms with Gasteiger partial charge >= 0.3 is 0 Å². The fourth-order valence-electron chi connectivity index (χ4n) is 2.10. The summed E-state index contributed by atoms with van der Waals surface area (Å²) in [5, 5.41) is 0. The maximum atomic E-state index is 11.7. The van der Waals surface area contributed by atoms with Crippen molar-refractivity contribution in [2.45, 2.75) is 33.7 Å². The van der Waals surface area contributed by atoms with E-state index in [1.807, 2.05) is 7.05 Å². The maximum Gasteiger partial charge on any atom is 0.223 e. The number of amides is 1.